The molecule has 0 saturated carbocycles. The van der Waals surface area contributed by atoms with Crippen molar-refractivity contribution in [1.29, 1.82) is 0 Å². The van der Waals surface area contributed by atoms with Gasteiger partial charge in [-0.05, 0) is 22.9 Å². The molecule has 1 saturated heterocycles. The van der Waals surface area contributed by atoms with Gasteiger partial charge in [0, 0.05) is 25.8 Å². The van der Waals surface area contributed by atoms with Crippen LogP contribution in [0.4, 0.5) is 10.1 Å². The summed E-state index contributed by atoms with van der Waals surface area (Å²) in [5.74, 6) is -0.779. The lowest BCUT2D eigenvalue weighted by Crippen LogP contribution is -2.38. The smallest absolute Gasteiger partial charge is 0.256 e. The number of carbonyl (C=O) groups is 1. The molecule has 1 aliphatic heterocycles. The molecule has 1 amide bonds. The molecule has 7 heteroatoms. The Morgan fingerprint density at radius 2 is 2.00 bits per heavy atom. The third kappa shape index (κ3) is 4.15. The van der Waals surface area contributed by atoms with Gasteiger partial charge in [-0.3, -0.25) is 14.4 Å². The van der Waals surface area contributed by atoms with Crippen molar-refractivity contribution in [3.8, 4) is 0 Å². The topological polar surface area (TPSA) is 59.4 Å². The van der Waals surface area contributed by atoms with Crippen molar-refractivity contribution < 1.29 is 13.9 Å². The first-order valence-electron chi connectivity index (χ1n) is 9.01. The molecule has 4 rings (SSSR count). The van der Waals surface area contributed by atoms with E-state index in [4.69, 9.17) is 4.74 Å². The number of hydrogen-bond donors (Lipinski definition) is 1. The van der Waals surface area contributed by atoms with Crippen LogP contribution in [-0.2, 0) is 11.3 Å². The van der Waals surface area contributed by atoms with Crippen LogP contribution in [0.1, 0.15) is 10.4 Å². The number of aromatic nitrogens is 2. The monoisotopic (exact) mass is 368 g/mol. The van der Waals surface area contributed by atoms with Crippen LogP contribution in [0.25, 0.3) is 10.8 Å². The summed E-state index contributed by atoms with van der Waals surface area (Å²) >= 11 is 0. The maximum absolute atomic E-state index is 13.9. The lowest BCUT2D eigenvalue weighted by molar-refractivity contribution is 0.0360. The van der Waals surface area contributed by atoms with Crippen LogP contribution in [0.5, 0.6) is 0 Å². The van der Waals surface area contributed by atoms with Gasteiger partial charge in [0.2, 0.25) is 0 Å². The zero-order chi connectivity index (χ0) is 18.6. The van der Waals surface area contributed by atoms with E-state index < -0.39 is 5.82 Å². The number of carbonyl (C=O) groups excluding carboxylic acids is 1. The summed E-state index contributed by atoms with van der Waals surface area (Å²) in [6, 6.07) is 9.95. The average Bonchev–Trinajstić information content (AvgIpc) is 3.13. The van der Waals surface area contributed by atoms with Crippen molar-refractivity contribution in [3.63, 3.8) is 0 Å². The van der Waals surface area contributed by atoms with Crippen LogP contribution in [0.3, 0.4) is 0 Å². The number of nitrogens with one attached hydrogen (secondary N) is 1. The SMILES string of the molecule is O=C(Nc1cnn(CCN2CCOCC2)c1)c1cc(F)cc2ccccc12. The fourth-order valence-corrected chi connectivity index (χ4v) is 3.28. The molecule has 6 nitrogen and oxygen atoms in total. The summed E-state index contributed by atoms with van der Waals surface area (Å²) in [6.45, 7) is 5.00. The first kappa shape index (κ1) is 17.6. The summed E-state index contributed by atoms with van der Waals surface area (Å²) < 4.78 is 21.0. The third-order valence-electron chi connectivity index (χ3n) is 4.71. The van der Waals surface area contributed by atoms with Gasteiger partial charge in [-0.1, -0.05) is 24.3 Å². The van der Waals surface area contributed by atoms with E-state index in [1.165, 1.54) is 12.1 Å². The van der Waals surface area contributed by atoms with Crippen LogP contribution < -0.4 is 5.32 Å². The molecule has 1 aromatic heterocycles. The number of nitrogens with zero attached hydrogens (tertiary/aromatic N) is 3. The van der Waals surface area contributed by atoms with E-state index >= 15 is 0 Å². The number of benzene rings is 2. The van der Waals surface area contributed by atoms with Crippen molar-refractivity contribution in [2.24, 2.45) is 0 Å². The predicted molar refractivity (Wildman–Crippen MR) is 101 cm³/mol. The van der Waals surface area contributed by atoms with Crippen LogP contribution in [0.2, 0.25) is 0 Å². The molecule has 0 unspecified atom stereocenters. The summed E-state index contributed by atoms with van der Waals surface area (Å²) in [7, 11) is 0. The maximum Gasteiger partial charge on any atom is 0.256 e. The number of ether oxygens (including phenoxy) is 1. The highest BCUT2D eigenvalue weighted by Crippen LogP contribution is 2.21. The number of hydrogen-bond acceptors (Lipinski definition) is 4. The molecule has 0 bridgehead atoms. The first-order valence-corrected chi connectivity index (χ1v) is 9.01. The van der Waals surface area contributed by atoms with E-state index in [9.17, 15) is 9.18 Å². The fraction of sp³-hybridized carbons (Fsp3) is 0.300. The molecule has 0 atom stereocenters. The third-order valence-corrected chi connectivity index (χ3v) is 4.71. The zero-order valence-corrected chi connectivity index (χ0v) is 14.9. The molecule has 3 aromatic rings. The molecule has 1 N–H and O–H groups in total. The Morgan fingerprint density at radius 1 is 1.19 bits per heavy atom. The summed E-state index contributed by atoms with van der Waals surface area (Å²) in [5, 5.41) is 8.53. The van der Waals surface area contributed by atoms with E-state index in [-0.39, 0.29) is 5.91 Å². The number of amides is 1. The van der Waals surface area contributed by atoms with E-state index in [0.29, 0.717) is 16.6 Å². The lowest BCUT2D eigenvalue weighted by Gasteiger charge is -2.26. The Hall–Kier alpha value is -2.77. The second-order valence-corrected chi connectivity index (χ2v) is 6.57. The van der Waals surface area contributed by atoms with Crippen LogP contribution in [-0.4, -0.2) is 53.4 Å². The molecule has 27 heavy (non-hydrogen) atoms. The van der Waals surface area contributed by atoms with E-state index in [1.807, 2.05) is 18.2 Å². The quantitative estimate of drug-likeness (QED) is 0.752. The Bertz CT molecular complexity index is 950. The number of morpholine rings is 1. The Labute approximate surface area is 156 Å². The predicted octanol–water partition coefficient (Wildman–Crippen LogP) is 2.76. The van der Waals surface area contributed by atoms with Gasteiger partial charge in [0.1, 0.15) is 5.82 Å². The number of halogens is 1. The van der Waals surface area contributed by atoms with Gasteiger partial charge in [0.25, 0.3) is 5.91 Å². The van der Waals surface area contributed by atoms with Crippen LogP contribution in [0.15, 0.2) is 48.8 Å². The minimum Gasteiger partial charge on any atom is -0.379 e. The summed E-state index contributed by atoms with van der Waals surface area (Å²) in [4.78, 5) is 15.0. The van der Waals surface area contributed by atoms with Gasteiger partial charge < -0.3 is 10.1 Å². The summed E-state index contributed by atoms with van der Waals surface area (Å²) in [5.41, 5.74) is 0.905. The Kier molecular flexibility index (Phi) is 5.13. The highest BCUT2D eigenvalue weighted by Gasteiger charge is 2.14. The fourth-order valence-electron chi connectivity index (χ4n) is 3.28. The van der Waals surface area contributed by atoms with Crippen LogP contribution >= 0.6 is 0 Å². The molecule has 0 aliphatic carbocycles. The standard InChI is InChI=1S/C20H21FN4O2/c21-16-11-15-3-1-2-4-18(15)19(12-16)20(26)23-17-13-22-25(14-17)6-5-24-7-9-27-10-8-24/h1-4,11-14H,5-10H2,(H,23,26). The molecule has 1 aliphatic rings. The van der Waals surface area contributed by atoms with Crippen molar-refractivity contribution >= 4 is 22.4 Å². The Morgan fingerprint density at radius 3 is 2.85 bits per heavy atom. The second kappa shape index (κ2) is 7.85. The van der Waals surface area contributed by atoms with Crippen molar-refractivity contribution in [2.75, 3.05) is 38.2 Å². The number of fused-ring (bicyclic) bond motifs is 1. The lowest BCUT2D eigenvalue weighted by atomic mass is 10.0. The second-order valence-electron chi connectivity index (χ2n) is 6.57. The highest BCUT2D eigenvalue weighted by atomic mass is 19.1. The number of rotatable bonds is 5. The van der Waals surface area contributed by atoms with Gasteiger partial charge in [-0.15, -0.1) is 0 Å². The minimum atomic E-state index is -0.431. The molecule has 2 aromatic carbocycles. The van der Waals surface area contributed by atoms with Gasteiger partial charge in [-0.2, -0.15) is 5.10 Å². The van der Waals surface area contributed by atoms with Gasteiger partial charge in [-0.25, -0.2) is 4.39 Å². The van der Waals surface area contributed by atoms with Gasteiger partial charge in [0.05, 0.1) is 37.2 Å². The maximum atomic E-state index is 13.9. The molecule has 0 radical (unpaired) electrons. The minimum absolute atomic E-state index is 0.312. The highest BCUT2D eigenvalue weighted by molar-refractivity contribution is 6.12. The van der Waals surface area contributed by atoms with E-state index in [0.717, 1.165) is 44.8 Å². The molecule has 140 valence electrons. The van der Waals surface area contributed by atoms with Crippen LogP contribution in [0, 0.1) is 5.82 Å². The van der Waals surface area contributed by atoms with E-state index in [1.54, 1.807) is 23.1 Å². The van der Waals surface area contributed by atoms with Crippen molar-refractivity contribution in [3.05, 3.63) is 60.2 Å². The van der Waals surface area contributed by atoms with E-state index in [2.05, 4.69) is 15.3 Å². The van der Waals surface area contributed by atoms with Gasteiger partial charge >= 0.3 is 0 Å². The molecule has 1 fully saturated rings. The number of anilines is 1. The van der Waals surface area contributed by atoms with Crippen molar-refractivity contribution in [2.45, 2.75) is 6.54 Å². The summed E-state index contributed by atoms with van der Waals surface area (Å²) in [6.07, 6.45) is 3.40. The molecular weight excluding hydrogens is 347 g/mol. The molecule has 2 heterocycles. The van der Waals surface area contributed by atoms with Crippen molar-refractivity contribution in [1.82, 2.24) is 14.7 Å². The average molecular weight is 368 g/mol. The largest absolute Gasteiger partial charge is 0.379 e. The molecule has 0 spiro atoms. The Balaban J connectivity index is 1.44. The first-order chi connectivity index (χ1) is 13.2. The molecular formula is C20H21FN4O2. The normalized spacial score (nSPS) is 15.1. The zero-order valence-electron chi connectivity index (χ0n) is 14.9. The van der Waals surface area contributed by atoms with Gasteiger partial charge in [0.15, 0.2) is 0 Å².